The molecule has 3 heterocycles. The number of carbonyl (C=O) groups excluding carboxylic acids is 2. The quantitative estimate of drug-likeness (QED) is 0.451. The molecule has 3 aromatic rings. The molecule has 41 heavy (non-hydrogen) atoms. The molecular weight excluding hydrogens is 544 g/mol. The van der Waals surface area contributed by atoms with Gasteiger partial charge in [0.15, 0.2) is 0 Å². The first-order chi connectivity index (χ1) is 19.8. The molecule has 2 aliphatic rings. The van der Waals surface area contributed by atoms with Crippen LogP contribution in [0.4, 0.5) is 4.79 Å². The molecule has 216 valence electrons. The van der Waals surface area contributed by atoms with Crippen LogP contribution in [0.1, 0.15) is 54.0 Å². The predicted octanol–water partition coefficient (Wildman–Crippen LogP) is 4.08. The van der Waals surface area contributed by atoms with Gasteiger partial charge in [-0.15, -0.1) is 0 Å². The van der Waals surface area contributed by atoms with Crippen LogP contribution >= 0.6 is 11.6 Å². The van der Waals surface area contributed by atoms with Gasteiger partial charge < -0.3 is 24.3 Å². The molecule has 5 rings (SSSR count). The van der Waals surface area contributed by atoms with Crippen molar-refractivity contribution < 1.29 is 19.1 Å². The average Bonchev–Trinajstić information content (AvgIpc) is 3.31. The van der Waals surface area contributed by atoms with Crippen molar-refractivity contribution in [3.05, 3.63) is 82.2 Å². The van der Waals surface area contributed by atoms with Gasteiger partial charge in [-0.25, -0.2) is 9.78 Å². The van der Waals surface area contributed by atoms with E-state index in [1.165, 1.54) is 7.11 Å². The predicted molar refractivity (Wildman–Crippen MR) is 156 cm³/mol. The van der Waals surface area contributed by atoms with Gasteiger partial charge in [-0.05, 0) is 60.4 Å². The van der Waals surface area contributed by atoms with Gasteiger partial charge in [0.1, 0.15) is 6.61 Å². The summed E-state index contributed by atoms with van der Waals surface area (Å²) < 4.78 is 12.5. The molecule has 2 atom stereocenters. The van der Waals surface area contributed by atoms with E-state index >= 15 is 0 Å². The second kappa shape index (κ2) is 12.4. The van der Waals surface area contributed by atoms with Crippen LogP contribution in [0.25, 0.3) is 11.6 Å². The summed E-state index contributed by atoms with van der Waals surface area (Å²) in [5.74, 6) is -0.250. The molecular formula is C30H35ClN6O4. The van der Waals surface area contributed by atoms with Crippen LogP contribution < -0.4 is 5.32 Å². The highest BCUT2D eigenvalue weighted by Gasteiger charge is 2.36. The fourth-order valence-electron chi connectivity index (χ4n) is 5.53. The molecule has 1 fully saturated rings. The number of ether oxygens (including phenoxy) is 2. The molecule has 2 amide bonds. The number of fused-ring (bicyclic) bond motifs is 2. The van der Waals surface area contributed by atoms with Crippen molar-refractivity contribution in [1.29, 1.82) is 0 Å². The normalized spacial score (nSPS) is 17.8. The van der Waals surface area contributed by atoms with Crippen molar-refractivity contribution in [3.63, 3.8) is 0 Å². The smallest absolute Gasteiger partial charge is 0.410 e. The van der Waals surface area contributed by atoms with Gasteiger partial charge >= 0.3 is 6.09 Å². The second-order valence-electron chi connectivity index (χ2n) is 10.5. The van der Waals surface area contributed by atoms with E-state index in [-0.39, 0.29) is 30.8 Å². The zero-order chi connectivity index (χ0) is 29.1. The van der Waals surface area contributed by atoms with Gasteiger partial charge in [0, 0.05) is 51.6 Å². The molecule has 0 bridgehead atoms. The largest absolute Gasteiger partial charge is 0.447 e. The molecule has 1 N–H and O–H groups in total. The molecule has 1 saturated heterocycles. The van der Waals surface area contributed by atoms with E-state index in [0.29, 0.717) is 31.2 Å². The van der Waals surface area contributed by atoms with E-state index in [9.17, 15) is 9.59 Å². The van der Waals surface area contributed by atoms with Crippen molar-refractivity contribution in [3.8, 4) is 0 Å². The molecule has 1 aliphatic carbocycles. The molecule has 2 aromatic heterocycles. The van der Waals surface area contributed by atoms with Crippen LogP contribution in [-0.2, 0) is 21.3 Å². The monoisotopic (exact) mass is 578 g/mol. The number of aryl methyl sites for hydroxylation is 1. The molecule has 0 spiro atoms. The van der Waals surface area contributed by atoms with E-state index in [4.69, 9.17) is 26.1 Å². The highest BCUT2D eigenvalue weighted by molar-refractivity contribution is 6.30. The number of benzene rings is 1. The zero-order valence-electron chi connectivity index (χ0n) is 23.7. The lowest BCUT2D eigenvalue weighted by Crippen LogP contribution is -2.50. The van der Waals surface area contributed by atoms with E-state index in [2.05, 4.69) is 21.3 Å². The third-order valence-corrected chi connectivity index (χ3v) is 7.61. The Morgan fingerprint density at radius 1 is 1.17 bits per heavy atom. The number of piperazine rings is 1. The van der Waals surface area contributed by atoms with Gasteiger partial charge in [0.05, 0.1) is 42.1 Å². The first-order valence-electron chi connectivity index (χ1n) is 13.7. The van der Waals surface area contributed by atoms with Gasteiger partial charge in [0.25, 0.3) is 0 Å². The van der Waals surface area contributed by atoms with E-state index in [1.807, 2.05) is 55.8 Å². The fourth-order valence-corrected chi connectivity index (χ4v) is 5.70. The minimum Gasteiger partial charge on any atom is -0.447 e. The Balaban J connectivity index is 1.59. The van der Waals surface area contributed by atoms with Gasteiger partial charge in [-0.1, -0.05) is 23.7 Å². The first kappa shape index (κ1) is 28.8. The fraction of sp³-hybridized carbons (Fsp3) is 0.400. The summed E-state index contributed by atoms with van der Waals surface area (Å²) >= 11 is 6.61. The van der Waals surface area contributed by atoms with Crippen LogP contribution in [0.3, 0.4) is 0 Å². The topological polar surface area (TPSA) is 102 Å². The van der Waals surface area contributed by atoms with Crippen molar-refractivity contribution >= 4 is 35.3 Å². The Morgan fingerprint density at radius 2 is 1.95 bits per heavy atom. The standard InChI is InChI=1S/C30H35ClN6O4/c1-19(2)41-30(39)37-12-10-36(11-13-37)29-22-8-7-21(31)15-23(22)24(14-20-6-5-9-33-27(20)29)28(34-26(38)17-40-4)25-16-32-18-35(25)3/h5-9,14-16,18-19,28-29H,10-13,17H2,1-4H3,(H,34,38)/t28?,29-/m0/s1. The summed E-state index contributed by atoms with van der Waals surface area (Å²) in [6, 6.07) is 9.10. The molecule has 0 saturated carbocycles. The number of halogens is 1. The van der Waals surface area contributed by atoms with Crippen molar-refractivity contribution in [2.75, 3.05) is 39.9 Å². The maximum absolute atomic E-state index is 12.9. The Kier molecular flexibility index (Phi) is 8.72. The van der Waals surface area contributed by atoms with Gasteiger partial charge in [-0.3, -0.25) is 14.7 Å². The van der Waals surface area contributed by atoms with Crippen molar-refractivity contribution in [2.45, 2.75) is 32.0 Å². The minimum atomic E-state index is -0.531. The summed E-state index contributed by atoms with van der Waals surface area (Å²) in [5.41, 5.74) is 5.45. The molecule has 0 radical (unpaired) electrons. The SMILES string of the molecule is COCC(=O)NC(C1=Cc2cccnc2[C@@H](N2CCN(C(=O)OC(C)C)CC2)c2ccc(Cl)cc21)c1cncn1C. The highest BCUT2D eigenvalue weighted by Crippen LogP contribution is 2.44. The lowest BCUT2D eigenvalue weighted by molar-refractivity contribution is -0.125. The van der Waals surface area contributed by atoms with Gasteiger partial charge in [-0.2, -0.15) is 0 Å². The lowest BCUT2D eigenvalue weighted by atomic mass is 9.89. The number of methoxy groups -OCH3 is 1. The summed E-state index contributed by atoms with van der Waals surface area (Å²) in [7, 11) is 3.39. The second-order valence-corrected chi connectivity index (χ2v) is 11.0. The number of hydrogen-bond acceptors (Lipinski definition) is 7. The van der Waals surface area contributed by atoms with Gasteiger partial charge in [0.2, 0.25) is 5.91 Å². The Labute approximate surface area is 244 Å². The first-order valence-corrected chi connectivity index (χ1v) is 14.0. The van der Waals surface area contributed by atoms with E-state index < -0.39 is 6.04 Å². The van der Waals surface area contributed by atoms with Crippen LogP contribution in [0.5, 0.6) is 0 Å². The molecule has 1 aliphatic heterocycles. The van der Waals surface area contributed by atoms with Crippen LogP contribution in [0.15, 0.2) is 49.1 Å². The number of carbonyl (C=O) groups is 2. The number of amides is 2. The number of rotatable bonds is 7. The molecule has 1 unspecified atom stereocenters. The number of nitrogens with zero attached hydrogens (tertiary/aromatic N) is 5. The van der Waals surface area contributed by atoms with Crippen LogP contribution in [0.2, 0.25) is 5.02 Å². The maximum Gasteiger partial charge on any atom is 0.410 e. The Bertz CT molecular complexity index is 1450. The Morgan fingerprint density at radius 3 is 2.63 bits per heavy atom. The number of pyridine rings is 1. The molecule has 10 nitrogen and oxygen atoms in total. The summed E-state index contributed by atoms with van der Waals surface area (Å²) in [4.78, 5) is 38.8. The average molecular weight is 579 g/mol. The number of imidazole rings is 1. The summed E-state index contributed by atoms with van der Waals surface area (Å²) in [6.07, 6.45) is 6.89. The van der Waals surface area contributed by atoms with Crippen LogP contribution in [-0.4, -0.2) is 82.3 Å². The molecule has 1 aromatic carbocycles. The van der Waals surface area contributed by atoms with Crippen LogP contribution in [0, 0.1) is 0 Å². The Hall–Kier alpha value is -3.73. The van der Waals surface area contributed by atoms with Crippen molar-refractivity contribution in [1.82, 2.24) is 29.7 Å². The molecule has 11 heteroatoms. The zero-order valence-corrected chi connectivity index (χ0v) is 24.5. The lowest BCUT2D eigenvalue weighted by Gasteiger charge is -2.39. The van der Waals surface area contributed by atoms with Crippen molar-refractivity contribution in [2.24, 2.45) is 7.05 Å². The summed E-state index contributed by atoms with van der Waals surface area (Å²) in [5, 5.41) is 3.73. The van der Waals surface area contributed by atoms with E-state index in [1.54, 1.807) is 23.6 Å². The number of aromatic nitrogens is 3. The third kappa shape index (κ3) is 6.14. The number of hydrogen-bond donors (Lipinski definition) is 1. The summed E-state index contributed by atoms with van der Waals surface area (Å²) in [6.45, 7) is 5.99. The minimum absolute atomic E-state index is 0.0751. The number of nitrogens with one attached hydrogen (secondary N) is 1. The van der Waals surface area contributed by atoms with E-state index in [0.717, 1.165) is 33.7 Å². The third-order valence-electron chi connectivity index (χ3n) is 7.38. The maximum atomic E-state index is 12.9. The highest BCUT2D eigenvalue weighted by atomic mass is 35.5.